The van der Waals surface area contributed by atoms with Crippen LogP contribution in [0.1, 0.15) is 48.4 Å². The van der Waals surface area contributed by atoms with E-state index < -0.39 is 57.8 Å². The lowest BCUT2D eigenvalue weighted by Crippen LogP contribution is -2.19. The molecule has 0 saturated heterocycles. The lowest BCUT2D eigenvalue weighted by molar-refractivity contribution is 0.101. The molecule has 0 radical (unpaired) electrons. The monoisotopic (exact) mass is 820 g/mol. The Morgan fingerprint density at radius 3 is 1.31 bits per heavy atom. The maximum absolute atomic E-state index is 14.5. The maximum Gasteiger partial charge on any atom is 0.258 e. The van der Waals surface area contributed by atoms with Crippen LogP contribution in [-0.4, -0.2) is 25.0 Å². The third kappa shape index (κ3) is 7.79. The smallest absolute Gasteiger partial charge is 0.258 e. The molecule has 0 spiro atoms. The van der Waals surface area contributed by atoms with Crippen molar-refractivity contribution < 1.29 is 45.4 Å². The number of carbonyl (C=O) groups excluding carboxylic acids is 2. The molecule has 3 aromatic carbocycles. The molecule has 0 aliphatic carbocycles. The van der Waals surface area contributed by atoms with Crippen LogP contribution < -0.4 is 20.1 Å². The van der Waals surface area contributed by atoms with E-state index in [1.807, 2.05) is 27.7 Å². The molecule has 2 amide bonds. The van der Waals surface area contributed by atoms with Gasteiger partial charge < -0.3 is 20.1 Å². The van der Waals surface area contributed by atoms with E-state index in [1.54, 1.807) is 0 Å². The lowest BCUT2D eigenvalue weighted by Gasteiger charge is -2.20. The molecule has 0 saturated carbocycles. The first-order chi connectivity index (χ1) is 19.6. The number of hydrogen-bond donors (Lipinski definition) is 2. The summed E-state index contributed by atoms with van der Waals surface area (Å²) >= 11 is 2.81. The highest BCUT2D eigenvalue weighted by Crippen LogP contribution is 2.38. The summed E-state index contributed by atoms with van der Waals surface area (Å²) in [5, 5.41) is 4.72. The zero-order valence-electron chi connectivity index (χ0n) is 22.5. The van der Waals surface area contributed by atoms with Crippen LogP contribution in [0.25, 0.3) is 0 Å². The normalized spacial score (nSPS) is 11.2. The number of nitrogens with one attached hydrogen (secondary N) is 2. The minimum atomic E-state index is -1.84. The van der Waals surface area contributed by atoms with Crippen LogP contribution in [-0.2, 0) is 0 Å². The predicted molar refractivity (Wildman–Crippen MR) is 161 cm³/mol. The molecule has 0 heterocycles. The SMILES string of the molecule is CC(C)COc1cc(OCC(C)C)c(NC(=O)c2cc(I)c(F)c(F)c2F)cc1NC(=O)c1cc(I)c(F)c(F)c1F. The summed E-state index contributed by atoms with van der Waals surface area (Å²) in [5.41, 5.74) is -1.91. The van der Waals surface area contributed by atoms with Crippen molar-refractivity contribution >= 4 is 68.4 Å². The quantitative estimate of drug-likeness (QED) is 0.0935. The average Bonchev–Trinajstić information content (AvgIpc) is 2.93. The maximum atomic E-state index is 14.5. The molecule has 42 heavy (non-hydrogen) atoms. The fourth-order valence-electron chi connectivity index (χ4n) is 3.36. The molecule has 0 bridgehead atoms. The summed E-state index contributed by atoms with van der Waals surface area (Å²) < 4.78 is 95.5. The van der Waals surface area contributed by atoms with E-state index in [9.17, 15) is 35.9 Å². The Balaban J connectivity index is 2.12. The summed E-state index contributed by atoms with van der Waals surface area (Å²) in [6.07, 6.45) is 0. The molecule has 2 N–H and O–H groups in total. The number of halogens is 8. The first-order valence-electron chi connectivity index (χ1n) is 12.3. The molecular formula is C28H24F6I2N2O4. The summed E-state index contributed by atoms with van der Waals surface area (Å²) in [5.74, 6) is -12.3. The molecule has 0 fully saturated rings. The van der Waals surface area contributed by atoms with Gasteiger partial charge in [0.1, 0.15) is 11.5 Å². The first kappa shape index (κ1) is 33.7. The van der Waals surface area contributed by atoms with E-state index in [1.165, 1.54) is 51.2 Å². The number of carbonyl (C=O) groups is 2. The van der Waals surface area contributed by atoms with Crippen LogP contribution in [0, 0.1) is 53.9 Å². The fourth-order valence-corrected chi connectivity index (χ4v) is 4.46. The average molecular weight is 820 g/mol. The molecule has 0 unspecified atom stereocenters. The Kier molecular flexibility index (Phi) is 11.4. The minimum absolute atomic E-state index is 0.0111. The van der Waals surface area contributed by atoms with Crippen molar-refractivity contribution in [2.24, 2.45) is 11.8 Å². The minimum Gasteiger partial charge on any atom is -0.491 e. The number of amides is 2. The van der Waals surface area contributed by atoms with Gasteiger partial charge in [-0.3, -0.25) is 9.59 Å². The third-order valence-electron chi connectivity index (χ3n) is 5.42. The van der Waals surface area contributed by atoms with Crippen molar-refractivity contribution in [3.63, 3.8) is 0 Å². The second kappa shape index (κ2) is 14.1. The van der Waals surface area contributed by atoms with Gasteiger partial charge in [0.05, 0.1) is 42.9 Å². The number of benzene rings is 3. The van der Waals surface area contributed by atoms with Crippen LogP contribution in [0.3, 0.4) is 0 Å². The van der Waals surface area contributed by atoms with Crippen molar-refractivity contribution in [3.8, 4) is 11.5 Å². The van der Waals surface area contributed by atoms with Gasteiger partial charge in [0.15, 0.2) is 34.9 Å². The van der Waals surface area contributed by atoms with E-state index in [0.29, 0.717) is 0 Å². The summed E-state index contributed by atoms with van der Waals surface area (Å²) in [6, 6.07) is 4.10. The Bertz CT molecular complexity index is 1430. The first-order valence-corrected chi connectivity index (χ1v) is 14.5. The molecule has 6 nitrogen and oxygen atoms in total. The van der Waals surface area contributed by atoms with E-state index in [2.05, 4.69) is 10.6 Å². The van der Waals surface area contributed by atoms with Gasteiger partial charge in [-0.1, -0.05) is 27.7 Å². The second-order valence-corrected chi connectivity index (χ2v) is 12.2. The molecule has 3 aromatic rings. The summed E-state index contributed by atoms with van der Waals surface area (Å²) in [4.78, 5) is 26.0. The highest BCUT2D eigenvalue weighted by atomic mass is 127. The molecule has 3 rings (SSSR count). The van der Waals surface area contributed by atoms with Gasteiger partial charge >= 0.3 is 0 Å². The standard InChI is InChI=1S/C28H24F6I2N2O4/c1-11(2)9-41-19-8-20(42-10-12(3)4)18(38-28(40)14-6-16(36)24(32)26(34)22(14)30)7-17(19)37-27(39)13-5-15(35)23(31)25(33)21(13)29/h5-8,11-12H,9-10H2,1-4H3,(H,37,39)(H,38,40). The van der Waals surface area contributed by atoms with Gasteiger partial charge in [0.2, 0.25) is 0 Å². The topological polar surface area (TPSA) is 76.7 Å². The van der Waals surface area contributed by atoms with Gasteiger partial charge in [-0.05, 0) is 75.2 Å². The Morgan fingerprint density at radius 2 is 0.976 bits per heavy atom. The lowest BCUT2D eigenvalue weighted by atomic mass is 10.1. The van der Waals surface area contributed by atoms with Gasteiger partial charge in [0.25, 0.3) is 11.8 Å². The molecule has 0 aliphatic rings. The largest absolute Gasteiger partial charge is 0.491 e. The zero-order valence-corrected chi connectivity index (χ0v) is 26.9. The van der Waals surface area contributed by atoms with Crippen molar-refractivity contribution in [2.75, 3.05) is 23.8 Å². The highest BCUT2D eigenvalue weighted by molar-refractivity contribution is 14.1. The Labute approximate surface area is 264 Å². The molecule has 14 heteroatoms. The molecular weight excluding hydrogens is 796 g/mol. The number of ether oxygens (including phenoxy) is 2. The number of rotatable bonds is 10. The van der Waals surface area contributed by atoms with E-state index >= 15 is 0 Å². The second-order valence-electron chi connectivity index (χ2n) is 9.86. The van der Waals surface area contributed by atoms with Crippen LogP contribution in [0.4, 0.5) is 37.7 Å². The van der Waals surface area contributed by atoms with Crippen LogP contribution in [0.2, 0.25) is 0 Å². The highest BCUT2D eigenvalue weighted by Gasteiger charge is 2.26. The van der Waals surface area contributed by atoms with Crippen molar-refractivity contribution in [1.82, 2.24) is 0 Å². The Hall–Kier alpha value is -2.76. The molecule has 226 valence electrons. The molecule has 0 aliphatic heterocycles. The van der Waals surface area contributed by atoms with E-state index in [4.69, 9.17) is 9.47 Å². The van der Waals surface area contributed by atoms with Gasteiger partial charge in [-0.15, -0.1) is 0 Å². The van der Waals surface area contributed by atoms with Gasteiger partial charge in [-0.2, -0.15) is 0 Å². The van der Waals surface area contributed by atoms with Gasteiger partial charge in [0, 0.05) is 6.07 Å². The van der Waals surface area contributed by atoms with Crippen LogP contribution in [0.5, 0.6) is 11.5 Å². The third-order valence-corrected chi connectivity index (χ3v) is 6.99. The van der Waals surface area contributed by atoms with Crippen LogP contribution in [0.15, 0.2) is 24.3 Å². The summed E-state index contributed by atoms with van der Waals surface area (Å²) in [7, 11) is 0. The number of hydrogen-bond acceptors (Lipinski definition) is 4. The van der Waals surface area contributed by atoms with Crippen molar-refractivity contribution in [2.45, 2.75) is 27.7 Å². The van der Waals surface area contributed by atoms with Crippen molar-refractivity contribution in [1.29, 1.82) is 0 Å². The van der Waals surface area contributed by atoms with Gasteiger partial charge in [-0.25, -0.2) is 26.3 Å². The van der Waals surface area contributed by atoms with Crippen LogP contribution >= 0.6 is 45.2 Å². The Morgan fingerprint density at radius 1 is 0.619 bits per heavy atom. The fraction of sp³-hybridized carbons (Fsp3) is 0.286. The predicted octanol–water partition coefficient (Wildman–Crippen LogP) is 8.30. The zero-order chi connectivity index (χ0) is 31.5. The summed E-state index contributed by atoms with van der Waals surface area (Å²) in [6.45, 7) is 7.68. The van der Waals surface area contributed by atoms with E-state index in [0.717, 1.165) is 18.2 Å². The number of anilines is 2. The van der Waals surface area contributed by atoms with E-state index in [-0.39, 0.29) is 55.1 Å². The molecule has 0 aromatic heterocycles. The molecule has 0 atom stereocenters. The van der Waals surface area contributed by atoms with Crippen molar-refractivity contribution in [3.05, 3.63) is 77.4 Å².